The van der Waals surface area contributed by atoms with Gasteiger partial charge in [0.25, 0.3) is 0 Å². The minimum atomic E-state index is -1.51. The van der Waals surface area contributed by atoms with Crippen LogP contribution in [0.15, 0.2) is 71.3 Å². The third-order valence-corrected chi connectivity index (χ3v) is 10.5. The lowest BCUT2D eigenvalue weighted by atomic mass is 9.79. The topological polar surface area (TPSA) is 59.2 Å². The van der Waals surface area contributed by atoms with E-state index in [1.54, 1.807) is 0 Å². The molecule has 5 aromatic rings. The second-order valence-corrected chi connectivity index (χ2v) is 21.4. The zero-order chi connectivity index (χ0) is 32.4. The molecule has 4 nitrogen and oxygen atoms in total. The SMILES string of the molecule is CC(C)(C)c1cc(-c2cc([Si](C)(C)C)ccn2)cc(-c2cccc3oc(-c4cc(C(C)(C)C)cc(C(C)(C)C)c4O)nc23)c1. The minimum absolute atomic E-state index is 0.0629. The highest BCUT2D eigenvalue weighted by Crippen LogP contribution is 2.43. The zero-order valence-corrected chi connectivity index (χ0v) is 29.6. The van der Waals surface area contributed by atoms with Crippen molar-refractivity contribution in [3.05, 3.63) is 83.6 Å². The Morgan fingerprint density at radius 2 is 1.32 bits per heavy atom. The molecule has 230 valence electrons. The van der Waals surface area contributed by atoms with Gasteiger partial charge < -0.3 is 9.52 Å². The maximum Gasteiger partial charge on any atom is 0.231 e. The number of benzene rings is 3. The summed E-state index contributed by atoms with van der Waals surface area (Å²) in [5.41, 5.74) is 9.08. The van der Waals surface area contributed by atoms with Crippen LogP contribution < -0.4 is 5.19 Å². The molecule has 0 saturated carbocycles. The molecule has 0 fully saturated rings. The van der Waals surface area contributed by atoms with E-state index in [0.29, 0.717) is 17.0 Å². The Kier molecular flexibility index (Phi) is 7.73. The van der Waals surface area contributed by atoms with E-state index in [0.717, 1.165) is 39.0 Å². The average molecular weight is 605 g/mol. The first-order valence-corrected chi connectivity index (χ1v) is 19.1. The Balaban J connectivity index is 1.73. The number of nitrogens with zero attached hydrogens (tertiary/aromatic N) is 2. The van der Waals surface area contributed by atoms with Crippen LogP contribution in [0.4, 0.5) is 0 Å². The van der Waals surface area contributed by atoms with Crippen molar-refractivity contribution in [2.45, 2.75) is 98.2 Å². The van der Waals surface area contributed by atoms with Gasteiger partial charge in [-0.3, -0.25) is 4.98 Å². The minimum Gasteiger partial charge on any atom is -0.507 e. The Bertz CT molecular complexity index is 1860. The fraction of sp³-hybridized carbons (Fsp3) is 0.385. The average Bonchev–Trinajstić information content (AvgIpc) is 3.35. The molecule has 0 aliphatic carbocycles. The van der Waals surface area contributed by atoms with Gasteiger partial charge in [0.1, 0.15) is 11.3 Å². The van der Waals surface area contributed by atoms with E-state index in [1.807, 2.05) is 24.4 Å². The normalized spacial score (nSPS) is 13.1. The molecule has 0 amide bonds. The molecule has 5 heteroatoms. The van der Waals surface area contributed by atoms with Gasteiger partial charge in [0.2, 0.25) is 5.89 Å². The van der Waals surface area contributed by atoms with Crippen molar-refractivity contribution < 1.29 is 9.52 Å². The van der Waals surface area contributed by atoms with Gasteiger partial charge in [-0.15, -0.1) is 0 Å². The number of para-hydroxylation sites is 1. The third-order valence-electron chi connectivity index (χ3n) is 8.47. The first-order valence-electron chi connectivity index (χ1n) is 15.6. The molecule has 0 bridgehead atoms. The lowest BCUT2D eigenvalue weighted by Gasteiger charge is -2.27. The molecule has 5 rings (SSSR count). The molecular formula is C39H48N2O2Si. The first-order chi connectivity index (χ1) is 20.2. The van der Waals surface area contributed by atoms with Gasteiger partial charge in [0, 0.05) is 22.9 Å². The highest BCUT2D eigenvalue weighted by atomic mass is 28.3. The fourth-order valence-corrected chi connectivity index (χ4v) is 6.66. The highest BCUT2D eigenvalue weighted by Gasteiger charge is 2.28. The van der Waals surface area contributed by atoms with Crippen LogP contribution in [0.25, 0.3) is 44.9 Å². The van der Waals surface area contributed by atoms with E-state index in [9.17, 15) is 5.11 Å². The van der Waals surface area contributed by atoms with Crippen molar-refractivity contribution in [1.82, 2.24) is 9.97 Å². The predicted octanol–water partition coefficient (Wildman–Crippen LogP) is 10.4. The summed E-state index contributed by atoms with van der Waals surface area (Å²) >= 11 is 0. The summed E-state index contributed by atoms with van der Waals surface area (Å²) < 4.78 is 6.42. The summed E-state index contributed by atoms with van der Waals surface area (Å²) in [5, 5.41) is 12.9. The summed E-state index contributed by atoms with van der Waals surface area (Å²) in [6.07, 6.45) is 1.95. The quantitative estimate of drug-likeness (QED) is 0.207. The molecule has 0 saturated heterocycles. The van der Waals surface area contributed by atoms with Gasteiger partial charge in [-0.05, 0) is 69.3 Å². The fourth-order valence-electron chi connectivity index (χ4n) is 5.52. The summed E-state index contributed by atoms with van der Waals surface area (Å²) in [7, 11) is -1.51. The Labute approximate surface area is 264 Å². The van der Waals surface area contributed by atoms with Crippen molar-refractivity contribution in [3.63, 3.8) is 0 Å². The summed E-state index contributed by atoms with van der Waals surface area (Å²) in [6.45, 7) is 26.8. The number of fused-ring (bicyclic) bond motifs is 1. The number of hydrogen-bond acceptors (Lipinski definition) is 4. The van der Waals surface area contributed by atoms with Gasteiger partial charge in [-0.25, -0.2) is 4.98 Å². The summed E-state index contributed by atoms with van der Waals surface area (Å²) in [6, 6.07) is 21.4. The molecule has 3 aromatic carbocycles. The van der Waals surface area contributed by atoms with E-state index in [2.05, 4.69) is 124 Å². The Morgan fingerprint density at radius 1 is 0.682 bits per heavy atom. The number of phenols is 1. The van der Waals surface area contributed by atoms with Crippen molar-refractivity contribution in [2.75, 3.05) is 0 Å². The van der Waals surface area contributed by atoms with E-state index < -0.39 is 8.07 Å². The van der Waals surface area contributed by atoms with Crippen molar-refractivity contribution in [3.8, 4) is 39.6 Å². The largest absolute Gasteiger partial charge is 0.507 e. The maximum absolute atomic E-state index is 11.5. The highest BCUT2D eigenvalue weighted by molar-refractivity contribution is 6.88. The number of aromatic nitrogens is 2. The number of phenolic OH excluding ortho intramolecular Hbond substituents is 1. The van der Waals surface area contributed by atoms with Crippen molar-refractivity contribution >= 4 is 24.4 Å². The van der Waals surface area contributed by atoms with Crippen LogP contribution >= 0.6 is 0 Å². The molecule has 1 N–H and O–H groups in total. The maximum atomic E-state index is 11.5. The summed E-state index contributed by atoms with van der Waals surface area (Å²) in [5.74, 6) is 0.655. The van der Waals surface area contributed by atoms with Crippen molar-refractivity contribution in [2.24, 2.45) is 0 Å². The van der Waals surface area contributed by atoms with Crippen molar-refractivity contribution in [1.29, 1.82) is 0 Å². The Hall–Kier alpha value is -3.70. The molecule has 44 heavy (non-hydrogen) atoms. The van der Waals surface area contributed by atoms with E-state index in [4.69, 9.17) is 14.4 Å². The molecule has 0 aliphatic heterocycles. The molecule has 2 heterocycles. The van der Waals surface area contributed by atoms with Gasteiger partial charge in [-0.2, -0.15) is 0 Å². The molecule has 0 unspecified atom stereocenters. The van der Waals surface area contributed by atoms with Crippen LogP contribution in [0.2, 0.25) is 19.6 Å². The van der Waals surface area contributed by atoms with Crippen LogP contribution in [-0.4, -0.2) is 23.1 Å². The number of rotatable bonds is 4. The molecule has 0 aliphatic rings. The molecule has 0 spiro atoms. The zero-order valence-electron chi connectivity index (χ0n) is 28.6. The van der Waals surface area contributed by atoms with Crippen LogP contribution in [0, 0.1) is 0 Å². The molecule has 2 aromatic heterocycles. The van der Waals surface area contributed by atoms with Crippen LogP contribution in [-0.2, 0) is 16.2 Å². The van der Waals surface area contributed by atoms with E-state index in [1.165, 1.54) is 10.8 Å². The molecule has 0 radical (unpaired) electrons. The monoisotopic (exact) mass is 604 g/mol. The Morgan fingerprint density at radius 3 is 1.93 bits per heavy atom. The lowest BCUT2D eigenvalue weighted by Crippen LogP contribution is -2.37. The van der Waals surface area contributed by atoms with Crippen LogP contribution in [0.3, 0.4) is 0 Å². The molecular weight excluding hydrogens is 557 g/mol. The molecule has 0 atom stereocenters. The lowest BCUT2D eigenvalue weighted by molar-refractivity contribution is 0.444. The van der Waals surface area contributed by atoms with E-state index >= 15 is 0 Å². The third kappa shape index (κ3) is 6.25. The predicted molar refractivity (Wildman–Crippen MR) is 189 cm³/mol. The second-order valence-electron chi connectivity index (χ2n) is 16.3. The second kappa shape index (κ2) is 10.7. The standard InChI is InChI=1S/C39H48N2O2Si/c1-37(2,3)26-19-24(18-25(20-26)32-23-28(16-17-40-32)44(10,11)12)29-14-13-15-33-34(29)41-36(43-33)30-21-27(38(4,5)6)22-31(35(30)42)39(7,8)9/h13-23,42H,1-12H3. The summed E-state index contributed by atoms with van der Waals surface area (Å²) in [4.78, 5) is 9.88. The number of aromatic hydroxyl groups is 1. The number of pyridine rings is 1. The smallest absolute Gasteiger partial charge is 0.231 e. The van der Waals surface area contributed by atoms with Gasteiger partial charge in [-0.1, -0.05) is 111 Å². The van der Waals surface area contributed by atoms with Gasteiger partial charge in [0.15, 0.2) is 5.58 Å². The van der Waals surface area contributed by atoms with Crippen LogP contribution in [0.5, 0.6) is 5.75 Å². The number of oxazole rings is 1. The van der Waals surface area contributed by atoms with Gasteiger partial charge >= 0.3 is 0 Å². The number of hydrogen-bond donors (Lipinski definition) is 1. The van der Waals surface area contributed by atoms with E-state index in [-0.39, 0.29) is 22.0 Å². The first kappa shape index (κ1) is 31.7. The van der Waals surface area contributed by atoms with Crippen LogP contribution in [0.1, 0.15) is 79.0 Å². The van der Waals surface area contributed by atoms with Gasteiger partial charge in [0.05, 0.1) is 19.3 Å².